The summed E-state index contributed by atoms with van der Waals surface area (Å²) in [6.07, 6.45) is 2.99. The van der Waals surface area contributed by atoms with Crippen molar-refractivity contribution in [3.8, 4) is 11.5 Å². The number of benzene rings is 2. The molecule has 2 atom stereocenters. The van der Waals surface area contributed by atoms with Gasteiger partial charge < -0.3 is 24.5 Å². The molecule has 2 N–H and O–H groups in total. The first-order valence-electron chi connectivity index (χ1n) is 8.98. The zero-order valence-corrected chi connectivity index (χ0v) is 17.5. The van der Waals surface area contributed by atoms with Crippen LogP contribution in [0.4, 0.5) is 0 Å². The number of aliphatic hydroxyl groups is 1. The molecule has 2 unspecified atom stereocenters. The summed E-state index contributed by atoms with van der Waals surface area (Å²) in [7, 11) is 3.59. The molecule has 0 spiro atoms. The fourth-order valence-corrected chi connectivity index (χ4v) is 3.13. The summed E-state index contributed by atoms with van der Waals surface area (Å²) in [6.45, 7) is 0.547. The minimum Gasteiger partial charge on any atom is -0.497 e. The number of aryl methyl sites for hydroxylation is 1. The van der Waals surface area contributed by atoms with Crippen LogP contribution in [0.2, 0.25) is 0 Å². The van der Waals surface area contributed by atoms with E-state index in [4.69, 9.17) is 9.47 Å². The van der Waals surface area contributed by atoms with Gasteiger partial charge in [0.2, 0.25) is 0 Å². The highest BCUT2D eigenvalue weighted by Crippen LogP contribution is 2.24. The van der Waals surface area contributed by atoms with Crippen LogP contribution in [0.5, 0.6) is 11.5 Å². The van der Waals surface area contributed by atoms with Gasteiger partial charge in [-0.2, -0.15) is 0 Å². The first-order chi connectivity index (χ1) is 13.6. The first kappa shape index (κ1) is 20.4. The lowest BCUT2D eigenvalue weighted by Crippen LogP contribution is -2.35. The molecule has 0 saturated carbocycles. The highest BCUT2D eigenvalue weighted by Gasteiger charge is 2.20. The summed E-state index contributed by atoms with van der Waals surface area (Å²) in [5.41, 5.74) is 1.01. The number of ether oxygens (including phenoxy) is 2. The van der Waals surface area contributed by atoms with Gasteiger partial charge >= 0.3 is 0 Å². The topological polar surface area (TPSA) is 68.5 Å². The van der Waals surface area contributed by atoms with Gasteiger partial charge in [0.1, 0.15) is 30.0 Å². The van der Waals surface area contributed by atoms with E-state index in [0.29, 0.717) is 6.54 Å². The molecule has 0 radical (unpaired) electrons. The molecule has 7 heteroatoms. The molecule has 1 aromatic heterocycles. The second kappa shape index (κ2) is 9.73. The molecule has 0 aliphatic carbocycles. The van der Waals surface area contributed by atoms with Gasteiger partial charge in [0.15, 0.2) is 0 Å². The Kier molecular flexibility index (Phi) is 7.08. The van der Waals surface area contributed by atoms with Gasteiger partial charge in [-0.1, -0.05) is 28.1 Å². The SMILES string of the molecule is COc1cccc(C(NCC(O)COc2ccc(Br)cc2)c2nccn2C)c1. The lowest BCUT2D eigenvalue weighted by molar-refractivity contribution is 0.104. The van der Waals surface area contributed by atoms with Crippen LogP contribution in [-0.4, -0.2) is 41.0 Å². The number of halogens is 1. The van der Waals surface area contributed by atoms with Gasteiger partial charge in [0, 0.05) is 30.5 Å². The van der Waals surface area contributed by atoms with Gasteiger partial charge in [-0.05, 0) is 42.0 Å². The zero-order chi connectivity index (χ0) is 19.9. The van der Waals surface area contributed by atoms with Crippen LogP contribution < -0.4 is 14.8 Å². The van der Waals surface area contributed by atoms with Crippen LogP contribution in [-0.2, 0) is 7.05 Å². The van der Waals surface area contributed by atoms with Crippen molar-refractivity contribution in [2.75, 3.05) is 20.3 Å². The minimum atomic E-state index is -0.669. The van der Waals surface area contributed by atoms with Crippen molar-refractivity contribution in [1.82, 2.24) is 14.9 Å². The third-order valence-corrected chi connectivity index (χ3v) is 4.89. The van der Waals surface area contributed by atoms with Crippen LogP contribution in [0.1, 0.15) is 17.4 Å². The Morgan fingerprint density at radius 2 is 1.96 bits per heavy atom. The Bertz CT molecular complexity index is 883. The largest absolute Gasteiger partial charge is 0.497 e. The summed E-state index contributed by atoms with van der Waals surface area (Å²) in [6, 6.07) is 15.2. The number of nitrogens with one attached hydrogen (secondary N) is 1. The van der Waals surface area contributed by atoms with Crippen LogP contribution in [0.3, 0.4) is 0 Å². The molecular formula is C21H24BrN3O3. The molecular weight excluding hydrogens is 422 g/mol. The van der Waals surface area contributed by atoms with Crippen molar-refractivity contribution in [1.29, 1.82) is 0 Å². The second-order valence-electron chi connectivity index (χ2n) is 6.43. The molecule has 0 aliphatic rings. The summed E-state index contributed by atoms with van der Waals surface area (Å²) in [4.78, 5) is 4.47. The van der Waals surface area contributed by atoms with E-state index in [9.17, 15) is 5.11 Å². The predicted molar refractivity (Wildman–Crippen MR) is 112 cm³/mol. The van der Waals surface area contributed by atoms with Crippen LogP contribution in [0, 0.1) is 0 Å². The molecule has 148 valence electrons. The van der Waals surface area contributed by atoms with Crippen LogP contribution >= 0.6 is 15.9 Å². The predicted octanol–water partition coefficient (Wildman–Crippen LogP) is 3.31. The number of aromatic nitrogens is 2. The van der Waals surface area contributed by atoms with Gasteiger partial charge in [-0.3, -0.25) is 0 Å². The standard InChI is InChI=1S/C21H24BrN3O3/c1-25-11-10-23-21(25)20(15-4-3-5-19(12-15)27-2)24-13-17(26)14-28-18-8-6-16(22)7-9-18/h3-12,17,20,24,26H,13-14H2,1-2H3. The molecule has 6 nitrogen and oxygen atoms in total. The zero-order valence-electron chi connectivity index (χ0n) is 15.9. The monoisotopic (exact) mass is 445 g/mol. The smallest absolute Gasteiger partial charge is 0.130 e. The summed E-state index contributed by atoms with van der Waals surface area (Å²) < 4.78 is 14.0. The Morgan fingerprint density at radius 1 is 1.18 bits per heavy atom. The maximum atomic E-state index is 10.4. The molecule has 0 saturated heterocycles. The molecule has 3 aromatic rings. The highest BCUT2D eigenvalue weighted by atomic mass is 79.9. The average molecular weight is 446 g/mol. The number of imidazole rings is 1. The first-order valence-corrected chi connectivity index (χ1v) is 9.77. The normalized spacial score (nSPS) is 13.1. The van der Waals surface area contributed by atoms with Gasteiger partial charge in [-0.15, -0.1) is 0 Å². The molecule has 3 rings (SSSR count). The lowest BCUT2D eigenvalue weighted by Gasteiger charge is -2.22. The lowest BCUT2D eigenvalue weighted by atomic mass is 10.1. The molecule has 0 fully saturated rings. The van der Waals surface area contributed by atoms with E-state index in [-0.39, 0.29) is 12.6 Å². The maximum absolute atomic E-state index is 10.4. The van der Waals surface area contributed by atoms with Crippen molar-refractivity contribution >= 4 is 15.9 Å². The fraction of sp³-hybridized carbons (Fsp3) is 0.286. The molecule has 1 heterocycles. The Balaban J connectivity index is 1.66. The number of hydrogen-bond acceptors (Lipinski definition) is 5. The van der Waals surface area contributed by atoms with Gasteiger partial charge in [0.05, 0.1) is 13.2 Å². The van der Waals surface area contributed by atoms with E-state index in [1.807, 2.05) is 66.3 Å². The van der Waals surface area contributed by atoms with E-state index >= 15 is 0 Å². The minimum absolute atomic E-state index is 0.183. The van der Waals surface area contributed by atoms with Gasteiger partial charge in [0.25, 0.3) is 0 Å². The van der Waals surface area contributed by atoms with E-state index < -0.39 is 6.10 Å². The van der Waals surface area contributed by atoms with Gasteiger partial charge in [-0.25, -0.2) is 4.98 Å². The maximum Gasteiger partial charge on any atom is 0.130 e. The fourth-order valence-electron chi connectivity index (χ4n) is 2.87. The Labute approximate surface area is 173 Å². The van der Waals surface area contributed by atoms with Crippen molar-refractivity contribution in [3.05, 3.63) is 76.8 Å². The Hall–Kier alpha value is -2.35. The summed E-state index contributed by atoms with van der Waals surface area (Å²) in [5.74, 6) is 2.35. The van der Waals surface area contributed by atoms with Crippen LogP contribution in [0.25, 0.3) is 0 Å². The summed E-state index contributed by atoms with van der Waals surface area (Å²) >= 11 is 3.39. The van der Waals surface area contributed by atoms with E-state index in [0.717, 1.165) is 27.4 Å². The Morgan fingerprint density at radius 3 is 2.64 bits per heavy atom. The highest BCUT2D eigenvalue weighted by molar-refractivity contribution is 9.10. The summed E-state index contributed by atoms with van der Waals surface area (Å²) in [5, 5.41) is 13.8. The number of hydrogen-bond donors (Lipinski definition) is 2. The number of rotatable bonds is 9. The van der Waals surface area contributed by atoms with Crippen LogP contribution in [0.15, 0.2) is 65.4 Å². The quantitative estimate of drug-likeness (QED) is 0.528. The molecule has 0 aliphatic heterocycles. The van der Waals surface area contributed by atoms with E-state index in [2.05, 4.69) is 26.2 Å². The molecule has 0 amide bonds. The second-order valence-corrected chi connectivity index (χ2v) is 7.35. The average Bonchev–Trinajstić information content (AvgIpc) is 3.13. The molecule has 2 aromatic carbocycles. The molecule has 0 bridgehead atoms. The van der Waals surface area contributed by atoms with Crippen molar-refractivity contribution in [2.24, 2.45) is 7.05 Å². The number of methoxy groups -OCH3 is 1. The number of nitrogens with zero attached hydrogens (tertiary/aromatic N) is 2. The third-order valence-electron chi connectivity index (χ3n) is 4.36. The molecule has 28 heavy (non-hydrogen) atoms. The van der Waals surface area contributed by atoms with E-state index in [1.165, 1.54) is 0 Å². The third kappa shape index (κ3) is 5.34. The van der Waals surface area contributed by atoms with Crippen molar-refractivity contribution in [3.63, 3.8) is 0 Å². The van der Waals surface area contributed by atoms with E-state index in [1.54, 1.807) is 13.3 Å². The number of aliphatic hydroxyl groups excluding tert-OH is 1. The van der Waals surface area contributed by atoms with Crippen molar-refractivity contribution < 1.29 is 14.6 Å². The van der Waals surface area contributed by atoms with Crippen molar-refractivity contribution in [2.45, 2.75) is 12.1 Å².